The largest absolute Gasteiger partial charge is 0.489 e. The Balaban J connectivity index is 1.32. The first-order chi connectivity index (χ1) is 15.6. The van der Waals surface area contributed by atoms with Crippen LogP contribution >= 0.6 is 11.3 Å². The first kappa shape index (κ1) is 21.1. The molecule has 0 amide bonds. The van der Waals surface area contributed by atoms with Crippen molar-refractivity contribution in [3.8, 4) is 17.0 Å². The van der Waals surface area contributed by atoms with Gasteiger partial charge in [-0.05, 0) is 47.5 Å². The Bertz CT molecular complexity index is 1240. The van der Waals surface area contributed by atoms with Crippen molar-refractivity contribution in [1.29, 1.82) is 0 Å². The van der Waals surface area contributed by atoms with Crippen LogP contribution in [0, 0.1) is 15.9 Å². The van der Waals surface area contributed by atoms with Crippen LogP contribution in [0.1, 0.15) is 11.1 Å². The van der Waals surface area contributed by atoms with Crippen molar-refractivity contribution in [2.45, 2.75) is 6.61 Å². The summed E-state index contributed by atoms with van der Waals surface area (Å²) in [5, 5.41) is 17.5. The first-order valence-corrected chi connectivity index (χ1v) is 10.4. The molecule has 32 heavy (non-hydrogen) atoms. The quantitative estimate of drug-likeness (QED) is 0.206. The molecule has 0 fully saturated rings. The number of hydrogen-bond acceptors (Lipinski definition) is 7. The highest BCUT2D eigenvalue weighted by Gasteiger charge is 2.09. The van der Waals surface area contributed by atoms with Crippen LogP contribution in [0.15, 0.2) is 83.3 Å². The third-order valence-electron chi connectivity index (χ3n) is 4.43. The van der Waals surface area contributed by atoms with E-state index in [0.717, 1.165) is 11.1 Å². The molecule has 1 N–H and O–H groups in total. The van der Waals surface area contributed by atoms with E-state index < -0.39 is 4.92 Å². The highest BCUT2D eigenvalue weighted by atomic mass is 32.1. The number of nitrogens with one attached hydrogen (secondary N) is 1. The van der Waals surface area contributed by atoms with E-state index in [2.05, 4.69) is 15.5 Å². The number of benzene rings is 3. The van der Waals surface area contributed by atoms with Crippen molar-refractivity contribution in [1.82, 2.24) is 4.98 Å². The second-order valence-corrected chi connectivity index (χ2v) is 7.56. The molecule has 0 saturated carbocycles. The van der Waals surface area contributed by atoms with E-state index in [1.807, 2.05) is 29.6 Å². The van der Waals surface area contributed by atoms with Crippen LogP contribution in [0.4, 0.5) is 15.2 Å². The molecule has 0 spiro atoms. The monoisotopic (exact) mass is 448 g/mol. The molecule has 1 aromatic heterocycles. The van der Waals surface area contributed by atoms with Crippen molar-refractivity contribution >= 4 is 28.4 Å². The number of thiazole rings is 1. The summed E-state index contributed by atoms with van der Waals surface area (Å²) < 4.78 is 18.6. The lowest BCUT2D eigenvalue weighted by atomic mass is 10.1. The smallest absolute Gasteiger partial charge is 0.270 e. The van der Waals surface area contributed by atoms with Crippen LogP contribution in [-0.4, -0.2) is 16.1 Å². The summed E-state index contributed by atoms with van der Waals surface area (Å²) in [6, 6.07) is 19.9. The first-order valence-electron chi connectivity index (χ1n) is 9.53. The molecule has 0 aliphatic carbocycles. The molecule has 0 unspecified atom stereocenters. The molecule has 0 bridgehead atoms. The van der Waals surface area contributed by atoms with E-state index in [1.54, 1.807) is 30.5 Å². The Labute approximate surface area is 187 Å². The Kier molecular flexibility index (Phi) is 6.47. The molecule has 0 atom stereocenters. The molecular formula is C23H17FN4O3S. The summed E-state index contributed by atoms with van der Waals surface area (Å²) in [5.74, 6) is 0.421. The number of nitro groups is 1. The van der Waals surface area contributed by atoms with Gasteiger partial charge in [-0.25, -0.2) is 9.37 Å². The van der Waals surface area contributed by atoms with Gasteiger partial charge in [-0.2, -0.15) is 5.10 Å². The molecule has 160 valence electrons. The van der Waals surface area contributed by atoms with Gasteiger partial charge in [0.2, 0.25) is 5.13 Å². The van der Waals surface area contributed by atoms with Gasteiger partial charge in [0.15, 0.2) is 0 Å². The van der Waals surface area contributed by atoms with Crippen molar-refractivity contribution in [3.05, 3.63) is 105 Å². The predicted molar refractivity (Wildman–Crippen MR) is 123 cm³/mol. The maximum atomic E-state index is 12.9. The number of rotatable bonds is 8. The van der Waals surface area contributed by atoms with Gasteiger partial charge in [-0.1, -0.05) is 24.3 Å². The molecule has 3 aromatic carbocycles. The Morgan fingerprint density at radius 2 is 1.91 bits per heavy atom. The molecule has 0 radical (unpaired) electrons. The summed E-state index contributed by atoms with van der Waals surface area (Å²) in [6.45, 7) is 0.353. The zero-order valence-electron chi connectivity index (χ0n) is 16.6. The van der Waals surface area contributed by atoms with Gasteiger partial charge >= 0.3 is 0 Å². The minimum absolute atomic E-state index is 0.0214. The van der Waals surface area contributed by atoms with E-state index in [0.29, 0.717) is 28.7 Å². The van der Waals surface area contributed by atoms with Crippen LogP contribution in [0.2, 0.25) is 0 Å². The van der Waals surface area contributed by atoms with Crippen LogP contribution in [0.5, 0.6) is 5.75 Å². The van der Waals surface area contributed by atoms with Gasteiger partial charge in [0.05, 0.1) is 16.8 Å². The third kappa shape index (κ3) is 5.52. The predicted octanol–water partition coefficient (Wildman–Crippen LogP) is 5.88. The van der Waals surface area contributed by atoms with Crippen molar-refractivity contribution in [2.24, 2.45) is 5.10 Å². The normalized spacial score (nSPS) is 10.9. The average Bonchev–Trinajstić information content (AvgIpc) is 3.29. The lowest BCUT2D eigenvalue weighted by Gasteiger charge is -2.06. The van der Waals surface area contributed by atoms with Gasteiger partial charge in [0.1, 0.15) is 18.2 Å². The minimum Gasteiger partial charge on any atom is -0.489 e. The highest BCUT2D eigenvalue weighted by molar-refractivity contribution is 7.14. The van der Waals surface area contributed by atoms with Gasteiger partial charge < -0.3 is 4.74 Å². The second-order valence-electron chi connectivity index (χ2n) is 6.70. The molecular weight excluding hydrogens is 431 g/mol. The maximum absolute atomic E-state index is 12.9. The van der Waals surface area contributed by atoms with E-state index in [4.69, 9.17) is 4.74 Å². The fraction of sp³-hybridized carbons (Fsp3) is 0.0435. The molecule has 4 rings (SSSR count). The lowest BCUT2D eigenvalue weighted by molar-refractivity contribution is -0.384. The average molecular weight is 448 g/mol. The lowest BCUT2D eigenvalue weighted by Crippen LogP contribution is -1.96. The third-order valence-corrected chi connectivity index (χ3v) is 5.18. The number of ether oxygens (including phenoxy) is 1. The zero-order valence-corrected chi connectivity index (χ0v) is 17.5. The number of nitro benzene ring substituents is 1. The number of hydrazone groups is 1. The van der Waals surface area contributed by atoms with Crippen molar-refractivity contribution in [3.63, 3.8) is 0 Å². The molecule has 0 saturated heterocycles. The SMILES string of the molecule is O=[N+]([O-])c1cccc(-c2csc(N/N=C/c3ccc(OCc4ccc(F)cc4)cc3)n2)c1. The standard InChI is InChI=1S/C23H17FN4O3S/c24-19-8-4-17(5-9-19)14-31-21-10-6-16(7-11-21)13-25-27-23-26-22(15-32-23)18-2-1-3-20(12-18)28(29)30/h1-13,15H,14H2,(H,26,27)/b25-13+. The summed E-state index contributed by atoms with van der Waals surface area (Å²) in [5.41, 5.74) is 5.94. The molecule has 1 heterocycles. The topological polar surface area (TPSA) is 89.7 Å². The van der Waals surface area contributed by atoms with Crippen LogP contribution in [0.25, 0.3) is 11.3 Å². The second kappa shape index (κ2) is 9.80. The van der Waals surface area contributed by atoms with Gasteiger partial charge in [-0.3, -0.25) is 15.5 Å². The fourth-order valence-corrected chi connectivity index (χ4v) is 3.46. The number of anilines is 1. The summed E-state index contributed by atoms with van der Waals surface area (Å²) >= 11 is 1.35. The molecule has 4 aromatic rings. The molecule has 0 aliphatic heterocycles. The number of non-ortho nitro benzene ring substituents is 1. The number of hydrogen-bond donors (Lipinski definition) is 1. The number of aromatic nitrogens is 1. The maximum Gasteiger partial charge on any atom is 0.270 e. The molecule has 9 heteroatoms. The van der Waals surface area contributed by atoms with Gasteiger partial charge in [0.25, 0.3) is 5.69 Å². The van der Waals surface area contributed by atoms with Crippen LogP contribution in [0.3, 0.4) is 0 Å². The molecule has 0 aliphatic rings. The Morgan fingerprint density at radius 1 is 1.12 bits per heavy atom. The van der Waals surface area contributed by atoms with Gasteiger partial charge in [0, 0.05) is 23.1 Å². The van der Waals surface area contributed by atoms with E-state index in [1.165, 1.54) is 35.6 Å². The minimum atomic E-state index is -0.432. The van der Waals surface area contributed by atoms with E-state index >= 15 is 0 Å². The van der Waals surface area contributed by atoms with Crippen LogP contribution in [-0.2, 0) is 6.61 Å². The summed E-state index contributed by atoms with van der Waals surface area (Å²) in [4.78, 5) is 14.9. The molecule has 7 nitrogen and oxygen atoms in total. The fourth-order valence-electron chi connectivity index (χ4n) is 2.80. The van der Waals surface area contributed by atoms with Gasteiger partial charge in [-0.15, -0.1) is 11.3 Å². The number of halogens is 1. The van der Waals surface area contributed by atoms with Crippen molar-refractivity contribution < 1.29 is 14.1 Å². The highest BCUT2D eigenvalue weighted by Crippen LogP contribution is 2.27. The Hall–Kier alpha value is -4.11. The van der Waals surface area contributed by atoms with Crippen LogP contribution < -0.4 is 10.2 Å². The van der Waals surface area contributed by atoms with Crippen molar-refractivity contribution in [2.75, 3.05) is 5.43 Å². The van der Waals surface area contributed by atoms with E-state index in [9.17, 15) is 14.5 Å². The zero-order chi connectivity index (χ0) is 22.3. The summed E-state index contributed by atoms with van der Waals surface area (Å²) in [7, 11) is 0. The summed E-state index contributed by atoms with van der Waals surface area (Å²) in [6.07, 6.45) is 1.65. The Morgan fingerprint density at radius 3 is 2.66 bits per heavy atom. The van der Waals surface area contributed by atoms with E-state index in [-0.39, 0.29) is 11.5 Å². The number of nitrogens with zero attached hydrogens (tertiary/aromatic N) is 3.